The first kappa shape index (κ1) is 10.7. The highest BCUT2D eigenvalue weighted by atomic mass is 31.1. The minimum absolute atomic E-state index is 0.0373. The summed E-state index contributed by atoms with van der Waals surface area (Å²) in [5, 5.41) is 0. The van der Waals surface area contributed by atoms with Crippen LogP contribution in [0.25, 0.3) is 0 Å². The van der Waals surface area contributed by atoms with E-state index in [-0.39, 0.29) is 11.7 Å². The average molecular weight is 177 g/mol. The van der Waals surface area contributed by atoms with Crippen LogP contribution >= 0.6 is 8.03 Å². The Morgan fingerprint density at radius 2 is 2.09 bits per heavy atom. The van der Waals surface area contributed by atoms with E-state index in [2.05, 4.69) is 4.52 Å². The molecular formula is C7H14O3P+. The van der Waals surface area contributed by atoms with Crippen molar-refractivity contribution in [3.63, 3.8) is 0 Å². The maximum Gasteiger partial charge on any atom is 0.508 e. The van der Waals surface area contributed by atoms with Crippen LogP contribution in [0.2, 0.25) is 0 Å². The van der Waals surface area contributed by atoms with Crippen LogP contribution in [0.1, 0.15) is 20.3 Å². The van der Waals surface area contributed by atoms with Crippen LogP contribution < -0.4 is 0 Å². The molecule has 64 valence electrons. The molecule has 0 saturated heterocycles. The Morgan fingerprint density at radius 3 is 2.45 bits per heavy atom. The molecule has 4 heteroatoms. The molecule has 11 heavy (non-hydrogen) atoms. The SMILES string of the molecule is CO[P+](=O)CCC(=O)C(C)C. The number of ketones is 1. The first-order valence-corrected chi connectivity index (χ1v) is 4.95. The summed E-state index contributed by atoms with van der Waals surface area (Å²) in [4.78, 5) is 11.0. The summed E-state index contributed by atoms with van der Waals surface area (Å²) in [6, 6.07) is 0. The number of Topliss-reactive ketones (excluding diaryl/α,β-unsaturated/α-hetero) is 1. The van der Waals surface area contributed by atoms with Gasteiger partial charge in [0.2, 0.25) is 0 Å². The number of hydrogen-bond acceptors (Lipinski definition) is 3. The lowest BCUT2D eigenvalue weighted by Gasteiger charge is -1.97. The summed E-state index contributed by atoms with van der Waals surface area (Å²) in [5.41, 5.74) is 0. The van der Waals surface area contributed by atoms with E-state index in [1.54, 1.807) is 0 Å². The monoisotopic (exact) mass is 177 g/mol. The van der Waals surface area contributed by atoms with Gasteiger partial charge in [-0.05, 0) is 4.57 Å². The Hall–Kier alpha value is -0.270. The molecule has 3 nitrogen and oxygen atoms in total. The first-order valence-electron chi connectivity index (χ1n) is 3.59. The predicted molar refractivity (Wildman–Crippen MR) is 43.9 cm³/mol. The average Bonchev–Trinajstić information content (AvgIpc) is 1.99. The van der Waals surface area contributed by atoms with Crippen molar-refractivity contribution >= 4 is 13.8 Å². The van der Waals surface area contributed by atoms with E-state index in [0.29, 0.717) is 12.6 Å². The molecule has 0 aromatic carbocycles. The van der Waals surface area contributed by atoms with Crippen molar-refractivity contribution < 1.29 is 13.9 Å². The summed E-state index contributed by atoms with van der Waals surface area (Å²) in [6.07, 6.45) is 0.712. The lowest BCUT2D eigenvalue weighted by atomic mass is 10.1. The summed E-state index contributed by atoms with van der Waals surface area (Å²) in [7, 11) is -0.219. The van der Waals surface area contributed by atoms with Crippen molar-refractivity contribution in [1.82, 2.24) is 0 Å². The fraction of sp³-hybridized carbons (Fsp3) is 0.857. The second-order valence-corrected chi connectivity index (χ2v) is 4.09. The lowest BCUT2D eigenvalue weighted by molar-refractivity contribution is -0.121. The summed E-state index contributed by atoms with van der Waals surface area (Å²) in [6.45, 7) is 3.67. The smallest absolute Gasteiger partial charge is 0.299 e. The van der Waals surface area contributed by atoms with Gasteiger partial charge in [0.1, 0.15) is 5.78 Å². The second-order valence-electron chi connectivity index (χ2n) is 2.61. The van der Waals surface area contributed by atoms with Gasteiger partial charge < -0.3 is 0 Å². The third-order valence-corrected chi connectivity index (χ3v) is 2.38. The predicted octanol–water partition coefficient (Wildman–Crippen LogP) is 1.99. The fourth-order valence-corrected chi connectivity index (χ4v) is 1.17. The minimum atomic E-state index is -1.61. The van der Waals surface area contributed by atoms with E-state index >= 15 is 0 Å². The maximum absolute atomic E-state index is 11.0. The molecule has 0 radical (unpaired) electrons. The van der Waals surface area contributed by atoms with Crippen molar-refractivity contribution in [2.75, 3.05) is 13.3 Å². The first-order chi connectivity index (χ1) is 5.07. The normalized spacial score (nSPS) is 11.8. The standard InChI is InChI=1S/C7H14O3P/c1-6(2)7(8)4-5-11(9)10-3/h6H,4-5H2,1-3H3/q+1. The fourth-order valence-electron chi connectivity index (χ4n) is 0.581. The molecule has 0 aliphatic heterocycles. The molecule has 0 spiro atoms. The highest BCUT2D eigenvalue weighted by Gasteiger charge is 2.18. The summed E-state index contributed by atoms with van der Waals surface area (Å²) >= 11 is 0. The molecule has 0 amide bonds. The molecule has 1 unspecified atom stereocenters. The van der Waals surface area contributed by atoms with E-state index in [1.807, 2.05) is 13.8 Å². The van der Waals surface area contributed by atoms with Gasteiger partial charge in [-0.1, -0.05) is 13.8 Å². The van der Waals surface area contributed by atoms with Crippen molar-refractivity contribution in [3.8, 4) is 0 Å². The van der Waals surface area contributed by atoms with E-state index in [4.69, 9.17) is 0 Å². The Labute approximate surface area is 68.0 Å². The van der Waals surface area contributed by atoms with Gasteiger partial charge in [-0.25, -0.2) is 0 Å². The molecule has 0 N–H and O–H groups in total. The van der Waals surface area contributed by atoms with Gasteiger partial charge in [-0.15, -0.1) is 4.52 Å². The molecule has 0 aliphatic rings. The zero-order valence-corrected chi connectivity index (χ0v) is 8.06. The lowest BCUT2D eigenvalue weighted by Crippen LogP contribution is -2.07. The molecule has 0 saturated carbocycles. The molecule has 0 rings (SSSR count). The summed E-state index contributed by atoms with van der Waals surface area (Å²) < 4.78 is 15.2. The van der Waals surface area contributed by atoms with Crippen molar-refractivity contribution in [3.05, 3.63) is 0 Å². The zero-order chi connectivity index (χ0) is 8.85. The number of carbonyl (C=O) groups is 1. The van der Waals surface area contributed by atoms with Crippen LogP contribution in [0.15, 0.2) is 0 Å². The van der Waals surface area contributed by atoms with Crippen LogP contribution in [0.3, 0.4) is 0 Å². The third-order valence-electron chi connectivity index (χ3n) is 1.39. The van der Waals surface area contributed by atoms with E-state index in [1.165, 1.54) is 7.11 Å². The molecule has 1 atom stereocenters. The van der Waals surface area contributed by atoms with Crippen molar-refractivity contribution in [2.24, 2.45) is 5.92 Å². The highest BCUT2D eigenvalue weighted by molar-refractivity contribution is 7.39. The van der Waals surface area contributed by atoms with E-state index in [0.717, 1.165) is 0 Å². The number of hydrogen-bond donors (Lipinski definition) is 0. The largest absolute Gasteiger partial charge is 0.508 e. The maximum atomic E-state index is 11.0. The second kappa shape index (κ2) is 5.39. The molecule has 0 aromatic rings. The molecule has 0 aromatic heterocycles. The van der Waals surface area contributed by atoms with Crippen LogP contribution in [0, 0.1) is 5.92 Å². The topological polar surface area (TPSA) is 43.4 Å². The van der Waals surface area contributed by atoms with Crippen molar-refractivity contribution in [2.45, 2.75) is 20.3 Å². The van der Waals surface area contributed by atoms with E-state index < -0.39 is 8.03 Å². The van der Waals surface area contributed by atoms with Crippen LogP contribution in [0.5, 0.6) is 0 Å². The van der Waals surface area contributed by atoms with Gasteiger partial charge in [0.15, 0.2) is 6.16 Å². The van der Waals surface area contributed by atoms with Gasteiger partial charge >= 0.3 is 8.03 Å². The highest BCUT2D eigenvalue weighted by Crippen LogP contribution is 2.21. The Bertz CT molecular complexity index is 154. The Kier molecular flexibility index (Phi) is 5.26. The molecule has 0 fully saturated rings. The molecule has 0 aliphatic carbocycles. The molecular weight excluding hydrogens is 163 g/mol. The zero-order valence-electron chi connectivity index (χ0n) is 7.16. The van der Waals surface area contributed by atoms with Gasteiger partial charge in [-0.2, -0.15) is 0 Å². The Balaban J connectivity index is 3.54. The minimum Gasteiger partial charge on any atom is -0.299 e. The quantitative estimate of drug-likeness (QED) is 0.603. The number of carbonyl (C=O) groups excluding carboxylic acids is 1. The third kappa shape index (κ3) is 5.05. The van der Waals surface area contributed by atoms with Gasteiger partial charge in [0.25, 0.3) is 0 Å². The van der Waals surface area contributed by atoms with Gasteiger partial charge in [-0.3, -0.25) is 4.79 Å². The number of rotatable bonds is 5. The van der Waals surface area contributed by atoms with Crippen LogP contribution in [-0.4, -0.2) is 19.1 Å². The molecule has 0 bridgehead atoms. The van der Waals surface area contributed by atoms with Gasteiger partial charge in [0.05, 0.1) is 13.5 Å². The van der Waals surface area contributed by atoms with Gasteiger partial charge in [0, 0.05) is 5.92 Å². The van der Waals surface area contributed by atoms with Crippen LogP contribution in [-0.2, 0) is 13.9 Å². The molecule has 0 heterocycles. The van der Waals surface area contributed by atoms with Crippen LogP contribution in [0.4, 0.5) is 0 Å². The van der Waals surface area contributed by atoms with E-state index in [9.17, 15) is 9.36 Å². The van der Waals surface area contributed by atoms with Crippen molar-refractivity contribution in [1.29, 1.82) is 0 Å². The Morgan fingerprint density at radius 1 is 1.55 bits per heavy atom. The summed E-state index contributed by atoms with van der Waals surface area (Å²) in [5.74, 6) is 0.181.